The number of hydrogen-bond donors (Lipinski definition) is 2. The van der Waals surface area contributed by atoms with E-state index in [2.05, 4.69) is 18.0 Å². The fourth-order valence-corrected chi connectivity index (χ4v) is 7.04. The maximum absolute atomic E-state index is 12.8. The van der Waals surface area contributed by atoms with Crippen LogP contribution in [0.1, 0.15) is 66.4 Å². The number of ether oxygens (including phenoxy) is 1. The molecular formula is C24H28N2O5S. The van der Waals surface area contributed by atoms with Crippen LogP contribution in [-0.2, 0) is 21.2 Å². The number of sulfonamides is 1. The summed E-state index contributed by atoms with van der Waals surface area (Å²) < 4.78 is 28.7. The molecule has 0 spiro atoms. The molecule has 1 heterocycles. The first-order valence-electron chi connectivity index (χ1n) is 11.2. The van der Waals surface area contributed by atoms with Crippen molar-refractivity contribution in [2.24, 2.45) is 22.4 Å². The van der Waals surface area contributed by atoms with Gasteiger partial charge in [-0.2, -0.15) is 0 Å². The first-order chi connectivity index (χ1) is 15.2. The molecule has 2 aromatic rings. The second-order valence-electron chi connectivity index (χ2n) is 9.74. The van der Waals surface area contributed by atoms with Gasteiger partial charge in [0.15, 0.2) is 5.03 Å². The predicted octanol–water partition coefficient (Wildman–Crippen LogP) is 3.52. The minimum Gasteiger partial charge on any atom is -0.508 e. The summed E-state index contributed by atoms with van der Waals surface area (Å²) in [5.74, 6) is 1.41. The van der Waals surface area contributed by atoms with Gasteiger partial charge in [0.1, 0.15) is 11.9 Å². The third-order valence-corrected chi connectivity index (χ3v) is 8.96. The molecule has 3 aliphatic rings. The number of hydrogen-bond acceptors (Lipinski definition) is 6. The molecule has 2 saturated carbocycles. The van der Waals surface area contributed by atoms with Crippen LogP contribution in [0.2, 0.25) is 0 Å². The van der Waals surface area contributed by atoms with Gasteiger partial charge >= 0.3 is 5.97 Å². The van der Waals surface area contributed by atoms with E-state index in [9.17, 15) is 18.3 Å². The summed E-state index contributed by atoms with van der Waals surface area (Å²) in [5, 5.41) is 14.7. The standard InChI is InChI=1S/C24H28N2O5S/c1-24-11-10-18-17-6-4-16(27)12-14(17)2-5-19(18)20(24)7-8-21(24)31-23(28)15-3-9-22(26-13-15)32(25,29)30/h3-4,6,9,12-13,18-21,27H,2,5,7-8,10-11H2,1H3,(H2,25,29,30)/t18?,19?,20?,21-,24-/m0/s1. The number of carbonyl (C=O) groups is 1. The number of nitrogens with zero attached hydrogens (tertiary/aromatic N) is 1. The van der Waals surface area contributed by atoms with Crippen LogP contribution in [0, 0.1) is 17.3 Å². The highest BCUT2D eigenvalue weighted by Gasteiger charge is 2.56. The minimum atomic E-state index is -3.91. The zero-order chi connectivity index (χ0) is 22.7. The topological polar surface area (TPSA) is 120 Å². The number of nitrogens with two attached hydrogens (primary N) is 1. The Bertz CT molecular complexity index is 1160. The lowest BCUT2D eigenvalue weighted by Gasteiger charge is -2.50. The molecule has 1 aromatic carbocycles. The lowest BCUT2D eigenvalue weighted by Crippen LogP contribution is -2.45. The normalized spacial score (nSPS) is 31.3. The zero-order valence-electron chi connectivity index (χ0n) is 18.0. The molecule has 8 heteroatoms. The summed E-state index contributed by atoms with van der Waals surface area (Å²) >= 11 is 0. The smallest absolute Gasteiger partial charge is 0.339 e. The molecule has 5 rings (SSSR count). The van der Waals surface area contributed by atoms with Gasteiger partial charge in [0.05, 0.1) is 5.56 Å². The SMILES string of the molecule is C[C@]12CCC3c4ccc(O)cc4CCC3C1CC[C@@H]2OC(=O)c1ccc(S(N)(=O)=O)nc1. The van der Waals surface area contributed by atoms with E-state index in [1.165, 1.54) is 29.5 Å². The Morgan fingerprint density at radius 1 is 1.19 bits per heavy atom. The Kier molecular flexibility index (Phi) is 5.05. The molecule has 3 aliphatic carbocycles. The molecule has 32 heavy (non-hydrogen) atoms. The molecule has 1 aromatic heterocycles. The van der Waals surface area contributed by atoms with Gasteiger partial charge in [0.25, 0.3) is 10.0 Å². The van der Waals surface area contributed by atoms with E-state index in [1.54, 1.807) is 6.07 Å². The Balaban J connectivity index is 1.33. The van der Waals surface area contributed by atoms with Crippen molar-refractivity contribution in [3.63, 3.8) is 0 Å². The lowest BCUT2D eigenvalue weighted by atomic mass is 9.55. The maximum Gasteiger partial charge on any atom is 0.339 e. The van der Waals surface area contributed by atoms with Crippen LogP contribution in [0.5, 0.6) is 5.75 Å². The first kappa shape index (κ1) is 21.4. The average Bonchev–Trinajstić information content (AvgIpc) is 3.09. The van der Waals surface area contributed by atoms with E-state index in [-0.39, 0.29) is 22.1 Å². The van der Waals surface area contributed by atoms with Crippen LogP contribution >= 0.6 is 0 Å². The number of carbonyl (C=O) groups excluding carboxylic acids is 1. The number of esters is 1. The van der Waals surface area contributed by atoms with E-state index in [1.807, 2.05) is 6.07 Å². The first-order valence-corrected chi connectivity index (χ1v) is 12.7. The van der Waals surface area contributed by atoms with Gasteiger partial charge < -0.3 is 9.84 Å². The highest BCUT2D eigenvalue weighted by Crippen LogP contribution is 2.61. The molecule has 3 unspecified atom stereocenters. The van der Waals surface area contributed by atoms with E-state index in [0.29, 0.717) is 23.5 Å². The van der Waals surface area contributed by atoms with Crippen LogP contribution in [0.15, 0.2) is 41.6 Å². The molecular weight excluding hydrogens is 428 g/mol. The van der Waals surface area contributed by atoms with Crippen LogP contribution < -0.4 is 5.14 Å². The average molecular weight is 457 g/mol. The molecule has 5 atom stereocenters. The molecule has 3 N–H and O–H groups in total. The zero-order valence-corrected chi connectivity index (χ0v) is 18.8. The summed E-state index contributed by atoms with van der Waals surface area (Å²) in [4.78, 5) is 16.6. The third kappa shape index (κ3) is 3.49. The molecule has 2 fully saturated rings. The maximum atomic E-state index is 12.8. The van der Waals surface area contributed by atoms with Crippen molar-refractivity contribution >= 4 is 16.0 Å². The van der Waals surface area contributed by atoms with Gasteiger partial charge in [0, 0.05) is 11.6 Å². The van der Waals surface area contributed by atoms with Crippen LogP contribution in [0.3, 0.4) is 0 Å². The second kappa shape index (κ2) is 7.56. The number of fused-ring (bicyclic) bond motifs is 5. The molecule has 0 amide bonds. The summed E-state index contributed by atoms with van der Waals surface area (Å²) in [6.07, 6.45) is 7.02. The summed E-state index contributed by atoms with van der Waals surface area (Å²) in [5.41, 5.74) is 2.80. The molecule has 7 nitrogen and oxygen atoms in total. The van der Waals surface area contributed by atoms with Crippen LogP contribution in [0.25, 0.3) is 0 Å². The predicted molar refractivity (Wildman–Crippen MR) is 118 cm³/mol. The summed E-state index contributed by atoms with van der Waals surface area (Å²) in [6.45, 7) is 2.26. The molecule has 0 aliphatic heterocycles. The van der Waals surface area contributed by atoms with Crippen LogP contribution in [-0.4, -0.2) is 30.6 Å². The Labute approximate surface area is 188 Å². The lowest BCUT2D eigenvalue weighted by molar-refractivity contribution is -0.0428. The number of aryl methyl sites for hydroxylation is 1. The summed E-state index contributed by atoms with van der Waals surface area (Å²) in [6, 6.07) is 8.42. The molecule has 0 bridgehead atoms. The second-order valence-corrected chi connectivity index (χ2v) is 11.3. The van der Waals surface area contributed by atoms with Crippen molar-refractivity contribution in [1.82, 2.24) is 4.98 Å². The van der Waals surface area contributed by atoms with Crippen molar-refractivity contribution in [1.29, 1.82) is 0 Å². The number of phenolic OH excluding ortho intramolecular Hbond substituents is 1. The number of pyridine rings is 1. The number of primary sulfonamides is 1. The van der Waals surface area contributed by atoms with Gasteiger partial charge in [-0.05, 0) is 91.7 Å². The van der Waals surface area contributed by atoms with Gasteiger partial charge in [0.2, 0.25) is 0 Å². The fourth-order valence-electron chi connectivity index (χ4n) is 6.58. The quantitative estimate of drug-likeness (QED) is 0.682. The third-order valence-electron chi connectivity index (χ3n) is 8.14. The number of aromatic nitrogens is 1. The fraction of sp³-hybridized carbons (Fsp3) is 0.500. The van der Waals surface area contributed by atoms with Crippen molar-refractivity contribution in [3.8, 4) is 5.75 Å². The van der Waals surface area contributed by atoms with Gasteiger partial charge in [-0.25, -0.2) is 23.3 Å². The van der Waals surface area contributed by atoms with E-state index < -0.39 is 16.0 Å². The molecule has 0 saturated heterocycles. The number of aromatic hydroxyl groups is 1. The number of phenols is 1. The highest BCUT2D eigenvalue weighted by atomic mass is 32.2. The summed E-state index contributed by atoms with van der Waals surface area (Å²) in [7, 11) is -3.91. The molecule has 0 radical (unpaired) electrons. The van der Waals surface area contributed by atoms with Crippen LogP contribution in [0.4, 0.5) is 0 Å². The van der Waals surface area contributed by atoms with E-state index in [0.717, 1.165) is 38.5 Å². The number of rotatable bonds is 3. The van der Waals surface area contributed by atoms with Crippen molar-refractivity contribution < 1.29 is 23.1 Å². The Hall–Kier alpha value is -2.45. The van der Waals surface area contributed by atoms with Gasteiger partial charge in [-0.3, -0.25) is 0 Å². The minimum absolute atomic E-state index is 0.0702. The molecule has 170 valence electrons. The number of benzene rings is 1. The highest BCUT2D eigenvalue weighted by molar-refractivity contribution is 7.89. The van der Waals surface area contributed by atoms with Crippen molar-refractivity contribution in [2.75, 3.05) is 0 Å². The van der Waals surface area contributed by atoms with E-state index >= 15 is 0 Å². The Morgan fingerprint density at radius 3 is 2.72 bits per heavy atom. The van der Waals surface area contributed by atoms with E-state index in [4.69, 9.17) is 9.88 Å². The van der Waals surface area contributed by atoms with Crippen molar-refractivity contribution in [2.45, 2.75) is 62.5 Å². The van der Waals surface area contributed by atoms with Gasteiger partial charge in [-0.15, -0.1) is 0 Å². The monoisotopic (exact) mass is 456 g/mol. The Morgan fingerprint density at radius 2 is 2.00 bits per heavy atom. The largest absolute Gasteiger partial charge is 0.508 e. The van der Waals surface area contributed by atoms with Crippen molar-refractivity contribution in [3.05, 3.63) is 53.2 Å². The van der Waals surface area contributed by atoms with Gasteiger partial charge in [-0.1, -0.05) is 13.0 Å².